The monoisotopic (exact) mass is 434 g/mol. The summed E-state index contributed by atoms with van der Waals surface area (Å²) in [6, 6.07) is 12.3. The molecule has 3 aromatic rings. The van der Waals surface area contributed by atoms with E-state index in [1.54, 1.807) is 23.1 Å². The molecule has 2 aliphatic heterocycles. The van der Waals surface area contributed by atoms with E-state index in [1.165, 1.54) is 12.1 Å². The summed E-state index contributed by atoms with van der Waals surface area (Å²) in [6.07, 6.45) is 5.30. The minimum Gasteiger partial charge on any atom is -0.353 e. The van der Waals surface area contributed by atoms with E-state index in [2.05, 4.69) is 20.3 Å². The Morgan fingerprint density at radius 3 is 2.56 bits per heavy atom. The van der Waals surface area contributed by atoms with Gasteiger partial charge in [-0.2, -0.15) is 5.10 Å². The summed E-state index contributed by atoms with van der Waals surface area (Å²) in [4.78, 5) is 22.1. The predicted octanol–water partition coefficient (Wildman–Crippen LogP) is 2.84. The fraction of sp³-hybridized carbons (Fsp3) is 0.375. The number of pyridine rings is 1. The molecule has 2 aliphatic rings. The Morgan fingerprint density at radius 2 is 1.84 bits per heavy atom. The average molecular weight is 435 g/mol. The van der Waals surface area contributed by atoms with Crippen LogP contribution in [0, 0.1) is 5.82 Å². The molecule has 5 rings (SSSR count). The highest BCUT2D eigenvalue weighted by atomic mass is 19.1. The number of carbonyl (C=O) groups excluding carboxylic acids is 1. The van der Waals surface area contributed by atoms with Gasteiger partial charge in [0.25, 0.3) is 5.91 Å². The van der Waals surface area contributed by atoms with Gasteiger partial charge >= 0.3 is 0 Å². The predicted molar refractivity (Wildman–Crippen MR) is 121 cm³/mol. The number of aromatic nitrogens is 3. The fourth-order valence-corrected chi connectivity index (χ4v) is 4.67. The second-order valence-corrected chi connectivity index (χ2v) is 8.33. The lowest BCUT2D eigenvalue weighted by Crippen LogP contribution is -2.49. The zero-order chi connectivity index (χ0) is 21.9. The van der Waals surface area contributed by atoms with Crippen LogP contribution in [0.15, 0.2) is 54.9 Å². The second kappa shape index (κ2) is 9.08. The molecule has 1 N–H and O–H groups in total. The number of anilines is 1. The lowest BCUT2D eigenvalue weighted by molar-refractivity contribution is 0.0744. The standard InChI is InChI=1S/C24H27FN6O/c25-19-4-3-5-20(16-19)31-23(18-7-10-26-11-8-18)21(17-28-31)24(32)30-14-12-29(13-15-30)22-6-1-2-9-27-22/h1-6,9,16-18,26H,7-8,10-15H2. The van der Waals surface area contributed by atoms with Gasteiger partial charge in [0.05, 0.1) is 23.1 Å². The molecule has 2 saturated heterocycles. The van der Waals surface area contributed by atoms with Crippen LogP contribution in [0.5, 0.6) is 0 Å². The molecule has 1 amide bonds. The Kier molecular flexibility index (Phi) is 5.85. The Bertz CT molecular complexity index is 1070. The molecule has 0 radical (unpaired) electrons. The van der Waals surface area contributed by atoms with Crippen molar-refractivity contribution in [1.82, 2.24) is 25.0 Å². The highest BCUT2D eigenvalue weighted by molar-refractivity contribution is 5.95. The van der Waals surface area contributed by atoms with E-state index in [1.807, 2.05) is 29.2 Å². The highest BCUT2D eigenvalue weighted by Gasteiger charge is 2.31. The average Bonchev–Trinajstić information content (AvgIpc) is 3.30. The van der Waals surface area contributed by atoms with E-state index >= 15 is 0 Å². The van der Waals surface area contributed by atoms with Crippen molar-refractivity contribution in [1.29, 1.82) is 0 Å². The topological polar surface area (TPSA) is 66.3 Å². The molecule has 166 valence electrons. The minimum atomic E-state index is -0.312. The van der Waals surface area contributed by atoms with Crippen molar-refractivity contribution in [3.63, 3.8) is 0 Å². The number of nitrogens with zero attached hydrogens (tertiary/aromatic N) is 5. The van der Waals surface area contributed by atoms with Gasteiger partial charge in [0, 0.05) is 38.3 Å². The number of rotatable bonds is 4. The number of nitrogens with one attached hydrogen (secondary N) is 1. The third-order valence-corrected chi connectivity index (χ3v) is 6.36. The van der Waals surface area contributed by atoms with Gasteiger partial charge in [-0.05, 0) is 56.3 Å². The fourth-order valence-electron chi connectivity index (χ4n) is 4.67. The summed E-state index contributed by atoms with van der Waals surface area (Å²) in [5, 5.41) is 7.92. The largest absolute Gasteiger partial charge is 0.353 e. The smallest absolute Gasteiger partial charge is 0.257 e. The van der Waals surface area contributed by atoms with E-state index in [-0.39, 0.29) is 17.6 Å². The molecule has 0 atom stereocenters. The molecule has 2 aromatic heterocycles. The highest BCUT2D eigenvalue weighted by Crippen LogP contribution is 2.31. The molecule has 1 aromatic carbocycles. The number of benzene rings is 1. The first-order valence-electron chi connectivity index (χ1n) is 11.2. The van der Waals surface area contributed by atoms with Gasteiger partial charge in [-0.3, -0.25) is 4.79 Å². The van der Waals surface area contributed by atoms with E-state index in [4.69, 9.17) is 0 Å². The maximum atomic E-state index is 13.9. The van der Waals surface area contributed by atoms with Crippen molar-refractivity contribution in [3.8, 4) is 5.69 Å². The van der Waals surface area contributed by atoms with Crippen LogP contribution >= 0.6 is 0 Å². The van der Waals surface area contributed by atoms with Crippen LogP contribution in [0.25, 0.3) is 5.69 Å². The molecule has 8 heteroatoms. The second-order valence-electron chi connectivity index (χ2n) is 8.33. The molecule has 2 fully saturated rings. The summed E-state index contributed by atoms with van der Waals surface area (Å²) in [5.41, 5.74) is 2.18. The van der Waals surface area contributed by atoms with Crippen molar-refractivity contribution in [2.45, 2.75) is 18.8 Å². The van der Waals surface area contributed by atoms with Crippen molar-refractivity contribution < 1.29 is 9.18 Å². The van der Waals surface area contributed by atoms with E-state index < -0.39 is 0 Å². The van der Waals surface area contributed by atoms with Gasteiger partial charge in [-0.25, -0.2) is 14.1 Å². The van der Waals surface area contributed by atoms with E-state index in [0.717, 1.165) is 50.5 Å². The number of amides is 1. The lowest BCUT2D eigenvalue weighted by Gasteiger charge is -2.35. The third-order valence-electron chi connectivity index (χ3n) is 6.36. The summed E-state index contributed by atoms with van der Waals surface area (Å²) in [6.45, 7) is 4.54. The summed E-state index contributed by atoms with van der Waals surface area (Å²) < 4.78 is 15.7. The van der Waals surface area contributed by atoms with Gasteiger partial charge in [0.1, 0.15) is 11.6 Å². The lowest BCUT2D eigenvalue weighted by atomic mass is 9.91. The Hall–Kier alpha value is -3.26. The minimum absolute atomic E-state index is 0.00172. The number of carbonyl (C=O) groups is 1. The van der Waals surface area contributed by atoms with Gasteiger partial charge in [-0.1, -0.05) is 12.1 Å². The normalized spacial score (nSPS) is 17.5. The Morgan fingerprint density at radius 1 is 1.03 bits per heavy atom. The Balaban J connectivity index is 1.41. The van der Waals surface area contributed by atoms with Gasteiger partial charge < -0.3 is 15.1 Å². The molecular formula is C24H27FN6O. The zero-order valence-corrected chi connectivity index (χ0v) is 18.0. The van der Waals surface area contributed by atoms with Crippen LogP contribution < -0.4 is 10.2 Å². The van der Waals surface area contributed by atoms with Crippen LogP contribution in [-0.4, -0.2) is 64.8 Å². The first kappa shape index (κ1) is 20.6. The molecule has 32 heavy (non-hydrogen) atoms. The molecule has 0 spiro atoms. The number of piperazine rings is 1. The number of halogens is 1. The van der Waals surface area contributed by atoms with Gasteiger partial charge in [0.2, 0.25) is 0 Å². The van der Waals surface area contributed by atoms with Crippen molar-refractivity contribution in [3.05, 3.63) is 71.9 Å². The zero-order valence-electron chi connectivity index (χ0n) is 18.0. The maximum absolute atomic E-state index is 13.9. The van der Waals surface area contributed by atoms with Crippen LogP contribution in [0.3, 0.4) is 0 Å². The van der Waals surface area contributed by atoms with Crippen LogP contribution in [-0.2, 0) is 0 Å². The van der Waals surface area contributed by atoms with Crippen molar-refractivity contribution in [2.75, 3.05) is 44.2 Å². The summed E-state index contributed by atoms with van der Waals surface area (Å²) in [5.74, 6) is 0.833. The van der Waals surface area contributed by atoms with Gasteiger partial charge in [-0.15, -0.1) is 0 Å². The Labute approximate surface area is 186 Å². The van der Waals surface area contributed by atoms with E-state index in [9.17, 15) is 9.18 Å². The van der Waals surface area contributed by atoms with Crippen LogP contribution in [0.4, 0.5) is 10.2 Å². The molecular weight excluding hydrogens is 407 g/mol. The van der Waals surface area contributed by atoms with Crippen molar-refractivity contribution >= 4 is 11.7 Å². The molecule has 7 nitrogen and oxygen atoms in total. The number of hydrogen-bond donors (Lipinski definition) is 1. The van der Waals surface area contributed by atoms with Crippen molar-refractivity contribution in [2.24, 2.45) is 0 Å². The van der Waals surface area contributed by atoms with E-state index in [0.29, 0.717) is 24.3 Å². The summed E-state index contributed by atoms with van der Waals surface area (Å²) in [7, 11) is 0. The molecule has 0 saturated carbocycles. The van der Waals surface area contributed by atoms with Crippen LogP contribution in [0.1, 0.15) is 34.8 Å². The molecule has 4 heterocycles. The molecule has 0 bridgehead atoms. The molecule has 0 unspecified atom stereocenters. The SMILES string of the molecule is O=C(c1cnn(-c2cccc(F)c2)c1C1CCNCC1)N1CCN(c2ccccn2)CC1. The van der Waals surface area contributed by atoms with Crippen LogP contribution in [0.2, 0.25) is 0 Å². The number of piperidine rings is 1. The maximum Gasteiger partial charge on any atom is 0.257 e. The molecule has 0 aliphatic carbocycles. The summed E-state index contributed by atoms with van der Waals surface area (Å²) >= 11 is 0. The third kappa shape index (κ3) is 4.10. The number of hydrogen-bond acceptors (Lipinski definition) is 5. The van der Waals surface area contributed by atoms with Gasteiger partial charge in [0.15, 0.2) is 0 Å². The first-order valence-corrected chi connectivity index (χ1v) is 11.2. The quantitative estimate of drug-likeness (QED) is 0.684. The first-order chi connectivity index (χ1) is 15.7.